The van der Waals surface area contributed by atoms with Gasteiger partial charge in [0.2, 0.25) is 0 Å². The Balaban J connectivity index is 1.29. The number of aromatic nitrogens is 3. The lowest BCUT2D eigenvalue weighted by Gasteiger charge is -2.28. The zero-order valence-electron chi connectivity index (χ0n) is 28.2. The van der Waals surface area contributed by atoms with Gasteiger partial charge in [0.05, 0.1) is 22.4 Å². The number of para-hydroxylation sites is 5. The fourth-order valence-electron chi connectivity index (χ4n) is 8.00. The molecular formula is C47H34N4. The Labute approximate surface area is 296 Å². The van der Waals surface area contributed by atoms with E-state index in [0.717, 1.165) is 62.8 Å². The summed E-state index contributed by atoms with van der Waals surface area (Å²) in [5, 5.41) is 2.56. The first-order valence-corrected chi connectivity index (χ1v) is 17.6. The SMILES string of the molecule is CCn1c2ccccc2c2c3c(ccc21)N(c1cc(-c2ccccc2)cc(-c2nc4ccccc4n2-c2ccccc2)c1)c1ccccc1C=C3. The van der Waals surface area contributed by atoms with E-state index in [0.29, 0.717) is 0 Å². The number of aryl methyl sites for hydroxylation is 1. The van der Waals surface area contributed by atoms with Crippen molar-refractivity contribution < 1.29 is 0 Å². The van der Waals surface area contributed by atoms with E-state index in [-0.39, 0.29) is 0 Å². The highest BCUT2D eigenvalue weighted by Crippen LogP contribution is 2.48. The fraction of sp³-hybridized carbons (Fsp3) is 0.0426. The number of nitrogens with zero attached hydrogens (tertiary/aromatic N) is 4. The molecule has 51 heavy (non-hydrogen) atoms. The van der Waals surface area contributed by atoms with Gasteiger partial charge in [0.25, 0.3) is 0 Å². The molecule has 0 bridgehead atoms. The highest BCUT2D eigenvalue weighted by Gasteiger charge is 2.25. The van der Waals surface area contributed by atoms with Gasteiger partial charge in [-0.2, -0.15) is 0 Å². The predicted octanol–water partition coefficient (Wildman–Crippen LogP) is 12.4. The van der Waals surface area contributed by atoms with E-state index in [2.05, 4.69) is 197 Å². The summed E-state index contributed by atoms with van der Waals surface area (Å²) >= 11 is 0. The third-order valence-corrected chi connectivity index (χ3v) is 10.2. The molecule has 0 amide bonds. The summed E-state index contributed by atoms with van der Waals surface area (Å²) < 4.78 is 4.72. The van der Waals surface area contributed by atoms with E-state index in [1.165, 1.54) is 32.9 Å². The summed E-state index contributed by atoms with van der Waals surface area (Å²) in [6, 6.07) is 58.8. The molecule has 0 aliphatic carbocycles. The van der Waals surface area contributed by atoms with Crippen LogP contribution < -0.4 is 4.90 Å². The molecule has 10 rings (SSSR count). The molecule has 1 aliphatic heterocycles. The molecule has 0 atom stereocenters. The molecule has 2 aromatic heterocycles. The first-order chi connectivity index (χ1) is 25.3. The predicted molar refractivity (Wildman–Crippen MR) is 214 cm³/mol. The van der Waals surface area contributed by atoms with Crippen LogP contribution in [0, 0.1) is 0 Å². The Bertz CT molecular complexity index is 2790. The largest absolute Gasteiger partial charge is 0.341 e. The smallest absolute Gasteiger partial charge is 0.145 e. The molecule has 1 aliphatic rings. The van der Waals surface area contributed by atoms with Gasteiger partial charge in [-0.05, 0) is 90.3 Å². The normalized spacial score (nSPS) is 12.4. The van der Waals surface area contributed by atoms with Crippen LogP contribution in [0.4, 0.5) is 17.1 Å². The molecule has 0 fully saturated rings. The van der Waals surface area contributed by atoms with E-state index in [9.17, 15) is 0 Å². The molecule has 7 aromatic carbocycles. The van der Waals surface area contributed by atoms with Crippen LogP contribution in [0.1, 0.15) is 18.1 Å². The van der Waals surface area contributed by atoms with Crippen molar-refractivity contribution in [2.75, 3.05) is 4.90 Å². The molecule has 0 saturated heterocycles. The molecule has 242 valence electrons. The number of anilines is 3. The standard InChI is InChI=1S/C47H34N4/c1-2-49-42-23-13-10-20-38(42)46-39-26-25-33-17-9-12-22-41(33)50(43(39)27-28-45(46)49)37-30-34(32-15-5-3-6-16-32)29-35(31-37)47-48-40-21-11-14-24-44(40)51(47)36-18-7-4-8-19-36/h3-31H,2H2,1H3. The summed E-state index contributed by atoms with van der Waals surface area (Å²) in [7, 11) is 0. The topological polar surface area (TPSA) is 26.0 Å². The highest BCUT2D eigenvalue weighted by atomic mass is 15.2. The maximum atomic E-state index is 5.30. The summed E-state index contributed by atoms with van der Waals surface area (Å²) in [5.41, 5.74) is 14.7. The van der Waals surface area contributed by atoms with E-state index in [4.69, 9.17) is 4.98 Å². The monoisotopic (exact) mass is 654 g/mol. The minimum atomic E-state index is 0.904. The Kier molecular flexibility index (Phi) is 6.75. The van der Waals surface area contributed by atoms with Crippen LogP contribution in [0.5, 0.6) is 0 Å². The van der Waals surface area contributed by atoms with Gasteiger partial charge in [-0.3, -0.25) is 4.57 Å². The molecule has 4 nitrogen and oxygen atoms in total. The first-order valence-electron chi connectivity index (χ1n) is 17.6. The Morgan fingerprint density at radius 3 is 2.06 bits per heavy atom. The summed E-state index contributed by atoms with van der Waals surface area (Å²) in [4.78, 5) is 7.76. The maximum absolute atomic E-state index is 5.30. The molecule has 4 heteroatoms. The van der Waals surface area contributed by atoms with Gasteiger partial charge in [-0.25, -0.2) is 4.98 Å². The van der Waals surface area contributed by atoms with Crippen molar-refractivity contribution in [2.45, 2.75) is 13.5 Å². The van der Waals surface area contributed by atoms with Crippen LogP contribution in [0.3, 0.4) is 0 Å². The van der Waals surface area contributed by atoms with Crippen molar-refractivity contribution >= 4 is 62.1 Å². The molecule has 0 saturated carbocycles. The molecule has 0 spiro atoms. The lowest BCUT2D eigenvalue weighted by atomic mass is 9.99. The van der Waals surface area contributed by atoms with Gasteiger partial charge in [-0.1, -0.05) is 109 Å². The van der Waals surface area contributed by atoms with Crippen molar-refractivity contribution in [3.63, 3.8) is 0 Å². The summed E-state index contributed by atoms with van der Waals surface area (Å²) in [6.45, 7) is 3.14. The minimum Gasteiger partial charge on any atom is -0.341 e. The van der Waals surface area contributed by atoms with Crippen LogP contribution in [-0.4, -0.2) is 14.1 Å². The van der Waals surface area contributed by atoms with Crippen molar-refractivity contribution in [1.29, 1.82) is 0 Å². The highest BCUT2D eigenvalue weighted by molar-refractivity contribution is 6.16. The zero-order valence-corrected chi connectivity index (χ0v) is 28.2. The fourth-order valence-corrected chi connectivity index (χ4v) is 8.00. The molecule has 3 heterocycles. The van der Waals surface area contributed by atoms with E-state index in [1.54, 1.807) is 0 Å². The lowest BCUT2D eigenvalue weighted by molar-refractivity contribution is 0.827. The molecule has 9 aromatic rings. The zero-order chi connectivity index (χ0) is 33.9. The maximum Gasteiger partial charge on any atom is 0.145 e. The van der Waals surface area contributed by atoms with Gasteiger partial charge in [0.1, 0.15) is 5.82 Å². The molecule has 0 N–H and O–H groups in total. The lowest BCUT2D eigenvalue weighted by Crippen LogP contribution is -2.12. The quantitative estimate of drug-likeness (QED) is 0.185. The van der Waals surface area contributed by atoms with Crippen LogP contribution in [0.25, 0.3) is 73.2 Å². The average Bonchev–Trinajstić information content (AvgIpc) is 3.69. The third kappa shape index (κ3) is 4.64. The van der Waals surface area contributed by atoms with Crippen molar-refractivity contribution in [3.8, 4) is 28.2 Å². The number of fused-ring (bicyclic) bond motifs is 7. The first kappa shape index (κ1) is 29.3. The molecular weight excluding hydrogens is 621 g/mol. The second kappa shape index (κ2) is 11.7. The Hall–Kier alpha value is -6.65. The Morgan fingerprint density at radius 2 is 1.22 bits per heavy atom. The second-order valence-electron chi connectivity index (χ2n) is 13.1. The number of benzene rings is 7. The van der Waals surface area contributed by atoms with Crippen LogP contribution in [0.2, 0.25) is 0 Å². The minimum absolute atomic E-state index is 0.904. The number of imidazole rings is 1. The van der Waals surface area contributed by atoms with Crippen molar-refractivity contribution in [1.82, 2.24) is 14.1 Å². The van der Waals surface area contributed by atoms with Crippen LogP contribution in [0.15, 0.2) is 164 Å². The van der Waals surface area contributed by atoms with Crippen LogP contribution in [-0.2, 0) is 6.54 Å². The third-order valence-electron chi connectivity index (χ3n) is 10.2. The van der Waals surface area contributed by atoms with Crippen LogP contribution >= 0.6 is 0 Å². The average molecular weight is 655 g/mol. The van der Waals surface area contributed by atoms with Gasteiger partial charge in [-0.15, -0.1) is 0 Å². The molecule has 0 unspecified atom stereocenters. The van der Waals surface area contributed by atoms with Gasteiger partial charge < -0.3 is 9.47 Å². The van der Waals surface area contributed by atoms with E-state index >= 15 is 0 Å². The summed E-state index contributed by atoms with van der Waals surface area (Å²) in [6.07, 6.45) is 4.60. The Morgan fingerprint density at radius 1 is 0.510 bits per heavy atom. The van der Waals surface area contributed by atoms with E-state index in [1.807, 2.05) is 0 Å². The number of hydrogen-bond donors (Lipinski definition) is 0. The second-order valence-corrected chi connectivity index (χ2v) is 13.1. The van der Waals surface area contributed by atoms with E-state index < -0.39 is 0 Å². The van der Waals surface area contributed by atoms with Gasteiger partial charge >= 0.3 is 0 Å². The van der Waals surface area contributed by atoms with Crippen molar-refractivity contribution in [2.24, 2.45) is 0 Å². The van der Waals surface area contributed by atoms with Gasteiger partial charge in [0, 0.05) is 50.9 Å². The number of rotatable bonds is 5. The van der Waals surface area contributed by atoms with Gasteiger partial charge in [0.15, 0.2) is 0 Å². The summed E-state index contributed by atoms with van der Waals surface area (Å²) in [5.74, 6) is 0.907. The van der Waals surface area contributed by atoms with Crippen molar-refractivity contribution in [3.05, 3.63) is 175 Å². The molecule has 0 radical (unpaired) electrons. The number of hydrogen-bond acceptors (Lipinski definition) is 2.